The van der Waals surface area contributed by atoms with Gasteiger partial charge in [0.25, 0.3) is 5.91 Å². The molecule has 1 aliphatic rings. The van der Waals surface area contributed by atoms with E-state index in [9.17, 15) is 14.4 Å². The number of aromatic nitrogens is 1. The molecule has 1 fully saturated rings. The minimum Gasteiger partial charge on any atom is -0.338 e. The number of hydrogen-bond acceptors (Lipinski definition) is 3. The number of para-hydroxylation sites is 2. The molecule has 0 spiro atoms. The summed E-state index contributed by atoms with van der Waals surface area (Å²) >= 11 is 0. The van der Waals surface area contributed by atoms with Gasteiger partial charge in [-0.05, 0) is 31.0 Å². The number of rotatable bonds is 3. The van der Waals surface area contributed by atoms with Gasteiger partial charge in [-0.25, -0.2) is 0 Å². The van der Waals surface area contributed by atoms with Crippen LogP contribution in [0.15, 0.2) is 65.5 Å². The molecule has 6 nitrogen and oxygen atoms in total. The molecule has 0 saturated carbocycles. The predicted octanol–water partition coefficient (Wildman–Crippen LogP) is 3.02. The monoisotopic (exact) mass is 375 g/mol. The average molecular weight is 375 g/mol. The van der Waals surface area contributed by atoms with Gasteiger partial charge in [0.1, 0.15) is 0 Å². The van der Waals surface area contributed by atoms with E-state index in [0.29, 0.717) is 29.6 Å². The second kappa shape index (κ2) is 7.68. The lowest BCUT2D eigenvalue weighted by Gasteiger charge is -2.32. The first-order chi connectivity index (χ1) is 13.6. The minimum absolute atomic E-state index is 0.0838. The van der Waals surface area contributed by atoms with Crippen LogP contribution in [0.2, 0.25) is 0 Å². The number of anilines is 1. The zero-order chi connectivity index (χ0) is 19.5. The standard InChI is InChI=1S/C22H21N3O3/c26-20-13-18(17-10-4-5-11-19(17)24-20)22(28)25-12-6-7-15(14-25)21(27)23-16-8-2-1-3-9-16/h1-5,8-11,13,15H,6-7,12,14H2,(H,23,27)(H,24,26)/t15-/m0/s1. The fraction of sp³-hybridized carbons (Fsp3) is 0.227. The van der Waals surface area contributed by atoms with E-state index in [1.807, 2.05) is 48.5 Å². The molecular weight excluding hydrogens is 354 g/mol. The lowest BCUT2D eigenvalue weighted by Crippen LogP contribution is -2.44. The van der Waals surface area contributed by atoms with E-state index in [0.717, 1.165) is 18.5 Å². The van der Waals surface area contributed by atoms with Gasteiger partial charge in [0.15, 0.2) is 0 Å². The average Bonchev–Trinajstić information content (AvgIpc) is 2.73. The Morgan fingerprint density at radius 3 is 2.61 bits per heavy atom. The van der Waals surface area contributed by atoms with Crippen LogP contribution in [0.1, 0.15) is 23.2 Å². The Kier molecular flexibility index (Phi) is 4.93. The number of piperidine rings is 1. The Labute approximate surface area is 162 Å². The van der Waals surface area contributed by atoms with Crippen LogP contribution in [-0.2, 0) is 4.79 Å². The van der Waals surface area contributed by atoms with E-state index < -0.39 is 0 Å². The number of amides is 2. The third-order valence-corrected chi connectivity index (χ3v) is 5.10. The lowest BCUT2D eigenvalue weighted by molar-refractivity contribution is -0.121. The normalized spacial score (nSPS) is 16.7. The van der Waals surface area contributed by atoms with Crippen LogP contribution in [0, 0.1) is 5.92 Å². The molecule has 1 aliphatic heterocycles. The van der Waals surface area contributed by atoms with E-state index in [4.69, 9.17) is 0 Å². The molecule has 0 bridgehead atoms. The molecule has 3 aromatic rings. The second-order valence-corrected chi connectivity index (χ2v) is 7.04. The highest BCUT2D eigenvalue weighted by Gasteiger charge is 2.29. The van der Waals surface area contributed by atoms with E-state index >= 15 is 0 Å². The summed E-state index contributed by atoms with van der Waals surface area (Å²) in [5.41, 5.74) is 1.45. The number of H-pyrrole nitrogens is 1. The molecule has 0 radical (unpaired) electrons. The van der Waals surface area contributed by atoms with Crippen molar-refractivity contribution in [2.24, 2.45) is 5.92 Å². The van der Waals surface area contributed by atoms with Crippen molar-refractivity contribution in [2.75, 3.05) is 18.4 Å². The first-order valence-corrected chi connectivity index (χ1v) is 9.39. The summed E-state index contributed by atoms with van der Waals surface area (Å²) in [6.07, 6.45) is 1.48. The Bertz CT molecular complexity index is 1080. The van der Waals surface area contributed by atoms with E-state index in [1.165, 1.54) is 6.07 Å². The first kappa shape index (κ1) is 18.0. The van der Waals surface area contributed by atoms with Crippen molar-refractivity contribution in [3.05, 3.63) is 76.6 Å². The summed E-state index contributed by atoms with van der Waals surface area (Å²) < 4.78 is 0. The van der Waals surface area contributed by atoms with E-state index in [2.05, 4.69) is 10.3 Å². The molecule has 1 aromatic heterocycles. The number of carbonyl (C=O) groups is 2. The van der Waals surface area contributed by atoms with Gasteiger partial charge in [-0.15, -0.1) is 0 Å². The number of carbonyl (C=O) groups excluding carboxylic acids is 2. The molecule has 1 atom stereocenters. The van der Waals surface area contributed by atoms with Crippen LogP contribution in [0.3, 0.4) is 0 Å². The Morgan fingerprint density at radius 1 is 1.04 bits per heavy atom. The molecule has 142 valence electrons. The van der Waals surface area contributed by atoms with Gasteiger partial charge in [0.05, 0.1) is 11.5 Å². The van der Waals surface area contributed by atoms with Gasteiger partial charge in [-0.3, -0.25) is 14.4 Å². The molecule has 0 aliphatic carbocycles. The zero-order valence-corrected chi connectivity index (χ0v) is 15.4. The number of likely N-dealkylation sites (tertiary alicyclic amines) is 1. The summed E-state index contributed by atoms with van der Waals surface area (Å²) in [4.78, 5) is 42.2. The Balaban J connectivity index is 1.54. The molecule has 28 heavy (non-hydrogen) atoms. The van der Waals surface area contributed by atoms with Gasteiger partial charge in [-0.2, -0.15) is 0 Å². The van der Waals surface area contributed by atoms with Crippen LogP contribution in [0.5, 0.6) is 0 Å². The van der Waals surface area contributed by atoms with Crippen molar-refractivity contribution in [2.45, 2.75) is 12.8 Å². The zero-order valence-electron chi connectivity index (χ0n) is 15.4. The van der Waals surface area contributed by atoms with Gasteiger partial charge in [0.2, 0.25) is 11.5 Å². The predicted molar refractivity (Wildman–Crippen MR) is 108 cm³/mol. The summed E-state index contributed by atoms with van der Waals surface area (Å²) in [7, 11) is 0. The third kappa shape index (κ3) is 3.67. The van der Waals surface area contributed by atoms with Crippen LogP contribution >= 0.6 is 0 Å². The molecule has 0 unspecified atom stereocenters. The van der Waals surface area contributed by atoms with Gasteiger partial charge < -0.3 is 15.2 Å². The first-order valence-electron chi connectivity index (χ1n) is 9.39. The quantitative estimate of drug-likeness (QED) is 0.738. The largest absolute Gasteiger partial charge is 0.338 e. The Morgan fingerprint density at radius 2 is 1.79 bits per heavy atom. The van der Waals surface area contributed by atoms with E-state index in [1.54, 1.807) is 11.0 Å². The highest BCUT2D eigenvalue weighted by atomic mass is 16.2. The van der Waals surface area contributed by atoms with Crippen molar-refractivity contribution in [3.8, 4) is 0 Å². The van der Waals surface area contributed by atoms with Crippen LogP contribution < -0.4 is 10.9 Å². The molecule has 2 aromatic carbocycles. The highest BCUT2D eigenvalue weighted by Crippen LogP contribution is 2.23. The van der Waals surface area contributed by atoms with E-state index in [-0.39, 0.29) is 23.3 Å². The molecule has 6 heteroatoms. The number of nitrogens with one attached hydrogen (secondary N) is 2. The number of aromatic amines is 1. The Hall–Kier alpha value is -3.41. The van der Waals surface area contributed by atoms with Gasteiger partial charge in [0, 0.05) is 35.7 Å². The van der Waals surface area contributed by atoms with Crippen molar-refractivity contribution in [1.82, 2.24) is 9.88 Å². The van der Waals surface area contributed by atoms with Crippen molar-refractivity contribution in [1.29, 1.82) is 0 Å². The topological polar surface area (TPSA) is 82.3 Å². The number of benzene rings is 2. The lowest BCUT2D eigenvalue weighted by atomic mass is 9.96. The summed E-state index contributed by atoms with van der Waals surface area (Å²) in [6, 6.07) is 17.9. The van der Waals surface area contributed by atoms with Gasteiger partial charge >= 0.3 is 0 Å². The molecule has 2 N–H and O–H groups in total. The van der Waals surface area contributed by atoms with Crippen molar-refractivity contribution < 1.29 is 9.59 Å². The summed E-state index contributed by atoms with van der Waals surface area (Å²) in [6.45, 7) is 0.924. The molecule has 2 amide bonds. The fourth-order valence-corrected chi connectivity index (χ4v) is 3.69. The maximum absolute atomic E-state index is 13.1. The number of pyridine rings is 1. The smallest absolute Gasteiger partial charge is 0.254 e. The number of hydrogen-bond donors (Lipinski definition) is 2. The number of nitrogens with zero attached hydrogens (tertiary/aromatic N) is 1. The number of fused-ring (bicyclic) bond motifs is 1. The minimum atomic E-state index is -0.308. The highest BCUT2D eigenvalue weighted by molar-refractivity contribution is 6.06. The third-order valence-electron chi connectivity index (χ3n) is 5.10. The maximum atomic E-state index is 13.1. The van der Waals surface area contributed by atoms with Crippen molar-refractivity contribution >= 4 is 28.4 Å². The maximum Gasteiger partial charge on any atom is 0.254 e. The van der Waals surface area contributed by atoms with Crippen LogP contribution in [0.4, 0.5) is 5.69 Å². The van der Waals surface area contributed by atoms with Gasteiger partial charge in [-0.1, -0.05) is 36.4 Å². The molecule has 4 rings (SSSR count). The fourth-order valence-electron chi connectivity index (χ4n) is 3.69. The second-order valence-electron chi connectivity index (χ2n) is 7.04. The van der Waals surface area contributed by atoms with Crippen LogP contribution in [0.25, 0.3) is 10.9 Å². The summed E-state index contributed by atoms with van der Waals surface area (Å²) in [5, 5.41) is 3.63. The molecule has 2 heterocycles. The molecular formula is C22H21N3O3. The molecule has 1 saturated heterocycles. The summed E-state index contributed by atoms with van der Waals surface area (Å²) in [5.74, 6) is -0.565. The van der Waals surface area contributed by atoms with Crippen LogP contribution in [-0.4, -0.2) is 34.8 Å². The van der Waals surface area contributed by atoms with Crippen molar-refractivity contribution in [3.63, 3.8) is 0 Å². The SMILES string of the molecule is O=C(Nc1ccccc1)[C@H]1CCCN(C(=O)c2cc(=O)[nH]c3ccccc23)C1.